The second kappa shape index (κ2) is 5.57. The SMILES string of the molecule is CC(NCc1cncn1C)c1ccc2c(c1)NC(=O)CO2. The molecular formula is C15H18N4O2. The molecule has 0 saturated carbocycles. The number of imidazole rings is 1. The summed E-state index contributed by atoms with van der Waals surface area (Å²) < 4.78 is 7.35. The number of fused-ring (bicyclic) bond motifs is 1. The Hall–Kier alpha value is -2.34. The Morgan fingerprint density at radius 1 is 1.52 bits per heavy atom. The highest BCUT2D eigenvalue weighted by atomic mass is 16.5. The third kappa shape index (κ3) is 2.90. The Kier molecular flexibility index (Phi) is 3.62. The smallest absolute Gasteiger partial charge is 0.262 e. The lowest BCUT2D eigenvalue weighted by atomic mass is 10.1. The van der Waals surface area contributed by atoms with Gasteiger partial charge in [0.25, 0.3) is 5.91 Å². The van der Waals surface area contributed by atoms with Crippen molar-refractivity contribution in [1.29, 1.82) is 0 Å². The second-order valence-corrected chi connectivity index (χ2v) is 5.19. The monoisotopic (exact) mass is 286 g/mol. The average Bonchev–Trinajstić information content (AvgIpc) is 2.89. The summed E-state index contributed by atoms with van der Waals surface area (Å²) in [7, 11) is 1.97. The lowest BCUT2D eigenvalue weighted by molar-refractivity contribution is -0.118. The van der Waals surface area contributed by atoms with Crippen LogP contribution in [-0.4, -0.2) is 22.1 Å². The van der Waals surface area contributed by atoms with Gasteiger partial charge >= 0.3 is 0 Å². The van der Waals surface area contributed by atoms with Crippen LogP contribution in [0, 0.1) is 0 Å². The Bertz CT molecular complexity index is 665. The zero-order valence-electron chi connectivity index (χ0n) is 12.1. The third-order valence-corrected chi connectivity index (χ3v) is 3.64. The van der Waals surface area contributed by atoms with Crippen LogP contribution in [0.3, 0.4) is 0 Å². The van der Waals surface area contributed by atoms with Gasteiger partial charge in [-0.15, -0.1) is 0 Å². The summed E-state index contributed by atoms with van der Waals surface area (Å²) in [5, 5.41) is 6.27. The number of nitrogens with one attached hydrogen (secondary N) is 2. The number of carbonyl (C=O) groups is 1. The molecule has 0 spiro atoms. The van der Waals surface area contributed by atoms with Gasteiger partial charge in [-0.2, -0.15) is 0 Å². The van der Waals surface area contributed by atoms with E-state index in [1.807, 2.05) is 36.0 Å². The molecule has 0 aliphatic carbocycles. The first-order valence-corrected chi connectivity index (χ1v) is 6.88. The number of aromatic nitrogens is 2. The maximum Gasteiger partial charge on any atom is 0.262 e. The fourth-order valence-electron chi connectivity index (χ4n) is 2.30. The number of ether oxygens (including phenoxy) is 1. The van der Waals surface area contributed by atoms with Gasteiger partial charge in [0.05, 0.1) is 17.7 Å². The highest BCUT2D eigenvalue weighted by Gasteiger charge is 2.17. The van der Waals surface area contributed by atoms with E-state index in [0.29, 0.717) is 0 Å². The van der Waals surface area contributed by atoms with Crippen LogP contribution >= 0.6 is 0 Å². The summed E-state index contributed by atoms with van der Waals surface area (Å²) in [4.78, 5) is 15.5. The van der Waals surface area contributed by atoms with Crippen molar-refractivity contribution in [3.05, 3.63) is 42.0 Å². The molecule has 1 aliphatic rings. The molecule has 0 fully saturated rings. The molecule has 1 aliphatic heterocycles. The zero-order valence-corrected chi connectivity index (χ0v) is 12.1. The van der Waals surface area contributed by atoms with Crippen LogP contribution in [-0.2, 0) is 18.4 Å². The van der Waals surface area contributed by atoms with Crippen molar-refractivity contribution in [2.45, 2.75) is 19.5 Å². The lowest BCUT2D eigenvalue weighted by Crippen LogP contribution is -2.26. The van der Waals surface area contributed by atoms with Gasteiger partial charge in [0, 0.05) is 25.8 Å². The van der Waals surface area contributed by atoms with E-state index in [0.717, 1.165) is 29.2 Å². The summed E-state index contributed by atoms with van der Waals surface area (Å²) in [5.74, 6) is 0.604. The number of hydrogen-bond donors (Lipinski definition) is 2. The molecule has 21 heavy (non-hydrogen) atoms. The molecule has 2 heterocycles. The van der Waals surface area contributed by atoms with Gasteiger partial charge in [-0.05, 0) is 24.6 Å². The molecule has 110 valence electrons. The molecule has 2 N–H and O–H groups in total. The Labute approximate surface area is 123 Å². The number of aryl methyl sites for hydroxylation is 1. The van der Waals surface area contributed by atoms with Crippen LogP contribution < -0.4 is 15.4 Å². The third-order valence-electron chi connectivity index (χ3n) is 3.64. The van der Waals surface area contributed by atoms with Crippen LogP contribution in [0.5, 0.6) is 5.75 Å². The van der Waals surface area contributed by atoms with E-state index in [-0.39, 0.29) is 18.6 Å². The van der Waals surface area contributed by atoms with E-state index in [2.05, 4.69) is 22.5 Å². The Balaban J connectivity index is 1.70. The Morgan fingerprint density at radius 3 is 3.14 bits per heavy atom. The first-order chi connectivity index (χ1) is 10.1. The van der Waals surface area contributed by atoms with Gasteiger partial charge in [-0.3, -0.25) is 4.79 Å². The number of hydrogen-bond acceptors (Lipinski definition) is 4. The van der Waals surface area contributed by atoms with E-state index in [9.17, 15) is 4.79 Å². The molecule has 0 saturated heterocycles. The van der Waals surface area contributed by atoms with Gasteiger partial charge in [0.15, 0.2) is 6.61 Å². The minimum absolute atomic E-state index is 0.0840. The van der Waals surface area contributed by atoms with Crippen molar-refractivity contribution in [1.82, 2.24) is 14.9 Å². The van der Waals surface area contributed by atoms with Crippen molar-refractivity contribution < 1.29 is 9.53 Å². The fraction of sp³-hybridized carbons (Fsp3) is 0.333. The van der Waals surface area contributed by atoms with Crippen molar-refractivity contribution >= 4 is 11.6 Å². The molecule has 3 rings (SSSR count). The van der Waals surface area contributed by atoms with Crippen molar-refractivity contribution in [2.75, 3.05) is 11.9 Å². The summed E-state index contributed by atoms with van der Waals surface area (Å²) in [5.41, 5.74) is 2.95. The highest BCUT2D eigenvalue weighted by molar-refractivity contribution is 5.95. The predicted molar refractivity (Wildman–Crippen MR) is 79.0 cm³/mol. The van der Waals surface area contributed by atoms with Crippen LogP contribution in [0.25, 0.3) is 0 Å². The van der Waals surface area contributed by atoms with Gasteiger partial charge < -0.3 is 19.9 Å². The van der Waals surface area contributed by atoms with Crippen molar-refractivity contribution in [3.8, 4) is 5.75 Å². The summed E-state index contributed by atoms with van der Waals surface area (Å²) >= 11 is 0. The predicted octanol–water partition coefficient (Wildman–Crippen LogP) is 1.60. The maximum absolute atomic E-state index is 11.4. The number of anilines is 1. The number of nitrogens with zero attached hydrogens (tertiary/aromatic N) is 2. The average molecular weight is 286 g/mol. The lowest BCUT2D eigenvalue weighted by Gasteiger charge is -2.21. The van der Waals surface area contributed by atoms with Gasteiger partial charge in [-0.1, -0.05) is 6.07 Å². The number of amides is 1. The largest absolute Gasteiger partial charge is 0.482 e. The first kappa shape index (κ1) is 13.6. The normalized spacial score (nSPS) is 15.0. The molecule has 1 amide bonds. The van der Waals surface area contributed by atoms with Crippen LogP contribution in [0.2, 0.25) is 0 Å². The minimum atomic E-state index is -0.116. The number of benzene rings is 1. The van der Waals surface area contributed by atoms with Crippen LogP contribution in [0.4, 0.5) is 5.69 Å². The zero-order chi connectivity index (χ0) is 14.8. The molecule has 1 aromatic heterocycles. The van der Waals surface area contributed by atoms with E-state index < -0.39 is 0 Å². The highest BCUT2D eigenvalue weighted by Crippen LogP contribution is 2.30. The van der Waals surface area contributed by atoms with E-state index in [1.165, 1.54) is 0 Å². The molecule has 1 aromatic carbocycles. The molecule has 6 nitrogen and oxygen atoms in total. The van der Waals surface area contributed by atoms with E-state index in [1.54, 1.807) is 6.33 Å². The number of rotatable bonds is 4. The second-order valence-electron chi connectivity index (χ2n) is 5.19. The van der Waals surface area contributed by atoms with Crippen LogP contribution in [0.1, 0.15) is 24.2 Å². The molecule has 2 aromatic rings. The van der Waals surface area contributed by atoms with Crippen molar-refractivity contribution in [3.63, 3.8) is 0 Å². The van der Waals surface area contributed by atoms with E-state index >= 15 is 0 Å². The summed E-state index contributed by atoms with van der Waals surface area (Å²) in [6.07, 6.45) is 3.63. The molecule has 6 heteroatoms. The molecule has 0 radical (unpaired) electrons. The van der Waals surface area contributed by atoms with Gasteiger partial charge in [-0.25, -0.2) is 4.98 Å². The quantitative estimate of drug-likeness (QED) is 0.896. The van der Waals surface area contributed by atoms with Gasteiger partial charge in [0.2, 0.25) is 0 Å². The first-order valence-electron chi connectivity index (χ1n) is 6.88. The fourth-order valence-corrected chi connectivity index (χ4v) is 2.30. The minimum Gasteiger partial charge on any atom is -0.482 e. The molecule has 0 bridgehead atoms. The van der Waals surface area contributed by atoms with Crippen molar-refractivity contribution in [2.24, 2.45) is 7.05 Å². The summed E-state index contributed by atoms with van der Waals surface area (Å²) in [6, 6.07) is 6.01. The molecular weight excluding hydrogens is 268 g/mol. The topological polar surface area (TPSA) is 68.2 Å². The number of carbonyl (C=O) groups excluding carboxylic acids is 1. The van der Waals surface area contributed by atoms with E-state index in [4.69, 9.17) is 4.74 Å². The standard InChI is InChI=1S/C15H18N4O2/c1-10(17-7-12-6-16-9-19(12)2)11-3-4-14-13(5-11)18-15(20)8-21-14/h3-6,9-10,17H,7-8H2,1-2H3,(H,18,20). The molecule has 1 atom stereocenters. The summed E-state index contributed by atoms with van der Waals surface area (Å²) in [6.45, 7) is 2.90. The Morgan fingerprint density at radius 2 is 2.38 bits per heavy atom. The molecule has 1 unspecified atom stereocenters. The van der Waals surface area contributed by atoms with Crippen LogP contribution in [0.15, 0.2) is 30.7 Å². The van der Waals surface area contributed by atoms with Gasteiger partial charge in [0.1, 0.15) is 5.75 Å². The maximum atomic E-state index is 11.4.